The zero-order valence-electron chi connectivity index (χ0n) is 17.6. The molecule has 0 atom stereocenters. The lowest BCUT2D eigenvalue weighted by Crippen LogP contribution is -2.33. The Bertz CT molecular complexity index is 870. The number of nitrogens with zero attached hydrogens (tertiary/aromatic N) is 2. The van der Waals surface area contributed by atoms with Crippen LogP contribution in [0.5, 0.6) is 0 Å². The molecule has 0 saturated heterocycles. The molecule has 154 valence electrons. The van der Waals surface area contributed by atoms with E-state index in [1.165, 1.54) is 4.90 Å². The molecule has 2 rings (SSSR count). The maximum absolute atomic E-state index is 12.2. The van der Waals surface area contributed by atoms with Crippen molar-refractivity contribution in [3.63, 3.8) is 0 Å². The molecule has 0 bridgehead atoms. The maximum atomic E-state index is 12.2. The van der Waals surface area contributed by atoms with Crippen molar-refractivity contribution in [2.24, 2.45) is 0 Å². The topological polar surface area (TPSA) is 68.7 Å². The summed E-state index contributed by atoms with van der Waals surface area (Å²) in [5.74, 6) is -0.384. The molecule has 1 heterocycles. The number of esters is 1. The van der Waals surface area contributed by atoms with Gasteiger partial charge in [-0.2, -0.15) is 0 Å². The summed E-state index contributed by atoms with van der Waals surface area (Å²) in [7, 11) is 1.67. The van der Waals surface area contributed by atoms with Gasteiger partial charge in [-0.25, -0.2) is 9.59 Å². The van der Waals surface area contributed by atoms with E-state index in [1.807, 2.05) is 57.2 Å². The largest absolute Gasteiger partial charge is 0.457 e. The van der Waals surface area contributed by atoms with Gasteiger partial charge in [0.05, 0.1) is 6.54 Å². The fraction of sp³-hybridized carbons (Fsp3) is 0.348. The summed E-state index contributed by atoms with van der Waals surface area (Å²) >= 11 is 0. The van der Waals surface area contributed by atoms with E-state index < -0.39 is 11.7 Å². The molecule has 1 aromatic carbocycles. The summed E-state index contributed by atoms with van der Waals surface area (Å²) in [6, 6.07) is 11.4. The number of pyridine rings is 1. The molecule has 0 radical (unpaired) electrons. The molecule has 2 aromatic rings. The second kappa shape index (κ2) is 9.87. The zero-order chi connectivity index (χ0) is 21.4. The average Bonchev–Trinajstić information content (AvgIpc) is 2.65. The molecule has 6 nitrogen and oxygen atoms in total. The SMILES string of the molecule is C/C(=C\c1cncc(CN(C)C(=O)OC(C)(C)C)c1)C(=O)OCc1ccccc1. The average molecular weight is 396 g/mol. The van der Waals surface area contributed by atoms with Gasteiger partial charge in [0, 0.05) is 25.0 Å². The van der Waals surface area contributed by atoms with E-state index in [0.717, 1.165) is 16.7 Å². The van der Waals surface area contributed by atoms with Gasteiger partial charge in [-0.3, -0.25) is 4.98 Å². The summed E-state index contributed by atoms with van der Waals surface area (Å²) in [5.41, 5.74) is 2.44. The monoisotopic (exact) mass is 396 g/mol. The molecule has 0 unspecified atom stereocenters. The fourth-order valence-corrected chi connectivity index (χ4v) is 2.50. The summed E-state index contributed by atoms with van der Waals surface area (Å²) in [5, 5.41) is 0. The standard InChI is InChI=1S/C23H28N2O4/c1-17(21(26)28-16-18-9-7-6-8-10-18)11-19-12-20(14-24-13-19)15-25(5)22(27)29-23(2,3)4/h6-14H,15-16H2,1-5H3/b17-11+. The molecule has 1 amide bonds. The van der Waals surface area contributed by atoms with Gasteiger partial charge >= 0.3 is 12.1 Å². The summed E-state index contributed by atoms with van der Waals surface area (Å²) in [6.45, 7) is 7.75. The first-order chi connectivity index (χ1) is 13.6. The Morgan fingerprint density at radius 3 is 2.45 bits per heavy atom. The first-order valence-electron chi connectivity index (χ1n) is 9.41. The van der Waals surface area contributed by atoms with Gasteiger partial charge in [-0.1, -0.05) is 30.3 Å². The second-order valence-corrected chi connectivity index (χ2v) is 7.85. The number of carbonyl (C=O) groups is 2. The van der Waals surface area contributed by atoms with Gasteiger partial charge in [0.2, 0.25) is 0 Å². The minimum atomic E-state index is -0.550. The van der Waals surface area contributed by atoms with Crippen molar-refractivity contribution in [2.75, 3.05) is 7.05 Å². The van der Waals surface area contributed by atoms with E-state index >= 15 is 0 Å². The molecule has 0 spiro atoms. The van der Waals surface area contributed by atoms with Crippen LogP contribution in [0, 0.1) is 0 Å². The Kier molecular flexibility index (Phi) is 7.53. The highest BCUT2D eigenvalue weighted by molar-refractivity contribution is 5.92. The van der Waals surface area contributed by atoms with Crippen molar-refractivity contribution in [3.05, 3.63) is 71.1 Å². The summed E-state index contributed by atoms with van der Waals surface area (Å²) in [6.07, 6.45) is 4.66. The number of benzene rings is 1. The maximum Gasteiger partial charge on any atom is 0.410 e. The highest BCUT2D eigenvalue weighted by Gasteiger charge is 2.19. The molecule has 0 aliphatic carbocycles. The van der Waals surface area contributed by atoms with E-state index in [-0.39, 0.29) is 12.6 Å². The molecule has 1 aromatic heterocycles. The Morgan fingerprint density at radius 2 is 1.79 bits per heavy atom. The van der Waals surface area contributed by atoms with Crippen molar-refractivity contribution >= 4 is 18.1 Å². The Hall–Kier alpha value is -3.15. The Morgan fingerprint density at radius 1 is 1.10 bits per heavy atom. The van der Waals surface area contributed by atoms with E-state index in [4.69, 9.17) is 9.47 Å². The number of amides is 1. The number of carbonyl (C=O) groups excluding carboxylic acids is 2. The quantitative estimate of drug-likeness (QED) is 0.527. The van der Waals surface area contributed by atoms with Crippen LogP contribution in [-0.4, -0.2) is 34.6 Å². The smallest absolute Gasteiger partial charge is 0.410 e. The van der Waals surface area contributed by atoms with E-state index in [0.29, 0.717) is 12.1 Å². The lowest BCUT2D eigenvalue weighted by atomic mass is 10.1. The molecule has 0 N–H and O–H groups in total. The van der Waals surface area contributed by atoms with E-state index in [2.05, 4.69) is 4.98 Å². The van der Waals surface area contributed by atoms with Gasteiger partial charge in [-0.05, 0) is 56.5 Å². The van der Waals surface area contributed by atoms with Crippen LogP contribution in [0.4, 0.5) is 4.79 Å². The minimum Gasteiger partial charge on any atom is -0.457 e. The molecule has 0 fully saturated rings. The number of hydrogen-bond donors (Lipinski definition) is 0. The molecule has 0 saturated carbocycles. The van der Waals surface area contributed by atoms with Crippen molar-refractivity contribution in [1.82, 2.24) is 9.88 Å². The highest BCUT2D eigenvalue weighted by atomic mass is 16.6. The van der Waals surface area contributed by atoms with Gasteiger partial charge in [-0.15, -0.1) is 0 Å². The van der Waals surface area contributed by atoms with Gasteiger partial charge in [0.15, 0.2) is 0 Å². The number of rotatable bonds is 6. The second-order valence-electron chi connectivity index (χ2n) is 7.85. The van der Waals surface area contributed by atoms with E-state index in [1.54, 1.807) is 32.4 Å². The lowest BCUT2D eigenvalue weighted by Gasteiger charge is -2.24. The van der Waals surface area contributed by atoms with Crippen molar-refractivity contribution < 1.29 is 19.1 Å². The molecule has 0 aliphatic heterocycles. The van der Waals surface area contributed by atoms with Crippen molar-refractivity contribution in [1.29, 1.82) is 0 Å². The lowest BCUT2D eigenvalue weighted by molar-refractivity contribution is -0.140. The molecule has 29 heavy (non-hydrogen) atoms. The van der Waals surface area contributed by atoms with Crippen LogP contribution in [0.15, 0.2) is 54.4 Å². The van der Waals surface area contributed by atoms with E-state index in [9.17, 15) is 9.59 Å². The number of ether oxygens (including phenoxy) is 2. The first-order valence-corrected chi connectivity index (χ1v) is 9.41. The Balaban J connectivity index is 1.98. The summed E-state index contributed by atoms with van der Waals surface area (Å²) < 4.78 is 10.7. The van der Waals surface area contributed by atoms with Crippen molar-refractivity contribution in [3.8, 4) is 0 Å². The normalized spacial score (nSPS) is 11.7. The first kappa shape index (κ1) is 22.1. The zero-order valence-corrected chi connectivity index (χ0v) is 17.6. The molecule has 6 heteroatoms. The number of aromatic nitrogens is 1. The third-order valence-corrected chi connectivity index (χ3v) is 3.86. The third kappa shape index (κ3) is 7.78. The predicted molar refractivity (Wildman–Crippen MR) is 112 cm³/mol. The van der Waals surface area contributed by atoms with Crippen LogP contribution in [0.3, 0.4) is 0 Å². The summed E-state index contributed by atoms with van der Waals surface area (Å²) in [4.78, 5) is 30.0. The van der Waals surface area contributed by atoms with Gasteiger partial charge < -0.3 is 14.4 Å². The van der Waals surface area contributed by atoms with Gasteiger partial charge in [0.25, 0.3) is 0 Å². The molecular formula is C23H28N2O4. The van der Waals surface area contributed by atoms with Crippen LogP contribution in [0.25, 0.3) is 6.08 Å². The Labute approximate surface area is 172 Å². The third-order valence-electron chi connectivity index (χ3n) is 3.86. The number of hydrogen-bond acceptors (Lipinski definition) is 5. The van der Waals surface area contributed by atoms with Gasteiger partial charge in [0.1, 0.15) is 12.2 Å². The minimum absolute atomic E-state index is 0.226. The van der Waals surface area contributed by atoms with Crippen LogP contribution in [0.1, 0.15) is 44.4 Å². The van der Waals surface area contributed by atoms with Crippen molar-refractivity contribution in [2.45, 2.75) is 46.4 Å². The predicted octanol–water partition coefficient (Wildman–Crippen LogP) is 4.60. The van der Waals surface area contributed by atoms with Crippen LogP contribution in [-0.2, 0) is 27.4 Å². The molecular weight excluding hydrogens is 368 g/mol. The highest BCUT2D eigenvalue weighted by Crippen LogP contribution is 2.14. The molecule has 0 aliphatic rings. The van der Waals surface area contributed by atoms with Crippen LogP contribution >= 0.6 is 0 Å². The fourth-order valence-electron chi connectivity index (χ4n) is 2.50. The van der Waals surface area contributed by atoms with Crippen LogP contribution in [0.2, 0.25) is 0 Å². The van der Waals surface area contributed by atoms with Crippen LogP contribution < -0.4 is 0 Å².